The summed E-state index contributed by atoms with van der Waals surface area (Å²) in [5.74, 6) is -0.990. The molecular formula is C19H17ClN2O3. The highest BCUT2D eigenvalue weighted by Crippen LogP contribution is 2.30. The van der Waals surface area contributed by atoms with Gasteiger partial charge in [0.1, 0.15) is 0 Å². The van der Waals surface area contributed by atoms with Crippen LogP contribution in [0.5, 0.6) is 0 Å². The Morgan fingerprint density at radius 2 is 1.96 bits per heavy atom. The predicted molar refractivity (Wildman–Crippen MR) is 96.0 cm³/mol. The van der Waals surface area contributed by atoms with E-state index < -0.39 is 11.6 Å². The highest BCUT2D eigenvalue weighted by Gasteiger charge is 2.21. The second kappa shape index (κ2) is 6.43. The van der Waals surface area contributed by atoms with Gasteiger partial charge in [0.2, 0.25) is 0 Å². The lowest BCUT2D eigenvalue weighted by Gasteiger charge is -2.21. The predicted octanol–water partition coefficient (Wildman–Crippen LogP) is 3.80. The summed E-state index contributed by atoms with van der Waals surface area (Å²) >= 11 is 6.05. The fourth-order valence-electron chi connectivity index (χ4n) is 2.77. The quantitative estimate of drug-likeness (QED) is 0.742. The summed E-state index contributed by atoms with van der Waals surface area (Å²) < 4.78 is 0. The number of pyridine rings is 2. The molecule has 3 aromatic rings. The van der Waals surface area contributed by atoms with E-state index in [1.54, 1.807) is 32.2 Å². The molecule has 0 saturated heterocycles. The minimum Gasteiger partial charge on any atom is -0.478 e. The molecule has 6 heteroatoms. The topological polar surface area (TPSA) is 83.3 Å². The van der Waals surface area contributed by atoms with E-state index in [1.807, 2.05) is 12.1 Å². The van der Waals surface area contributed by atoms with Crippen molar-refractivity contribution in [3.8, 4) is 0 Å². The number of fused-ring (bicyclic) bond motifs is 1. The molecule has 0 atom stereocenters. The van der Waals surface area contributed by atoms with Crippen LogP contribution in [-0.4, -0.2) is 26.2 Å². The van der Waals surface area contributed by atoms with Gasteiger partial charge in [0.15, 0.2) is 0 Å². The second-order valence-corrected chi connectivity index (χ2v) is 6.88. The number of carbonyl (C=O) groups is 1. The summed E-state index contributed by atoms with van der Waals surface area (Å²) in [6.45, 7) is 3.40. The Kier molecular flexibility index (Phi) is 4.45. The van der Waals surface area contributed by atoms with Gasteiger partial charge in [-0.1, -0.05) is 17.7 Å². The first-order valence-corrected chi connectivity index (χ1v) is 8.11. The van der Waals surface area contributed by atoms with Gasteiger partial charge in [-0.15, -0.1) is 0 Å². The molecule has 0 fully saturated rings. The lowest BCUT2D eigenvalue weighted by atomic mass is 9.92. The smallest absolute Gasteiger partial charge is 0.335 e. The SMILES string of the molecule is CC(C)(O)c1cc(Cc2cc(C(=O)O)ccn2)cc2cc(Cl)cnc12. The third kappa shape index (κ3) is 3.78. The van der Waals surface area contributed by atoms with Crippen LogP contribution in [0.25, 0.3) is 10.9 Å². The van der Waals surface area contributed by atoms with Crippen molar-refractivity contribution in [3.05, 3.63) is 70.1 Å². The maximum absolute atomic E-state index is 11.1. The van der Waals surface area contributed by atoms with E-state index in [0.717, 1.165) is 10.9 Å². The number of rotatable bonds is 4. The zero-order valence-electron chi connectivity index (χ0n) is 13.8. The molecule has 25 heavy (non-hydrogen) atoms. The number of aromatic nitrogens is 2. The molecule has 0 spiro atoms. The van der Waals surface area contributed by atoms with Crippen molar-refractivity contribution in [2.24, 2.45) is 0 Å². The van der Waals surface area contributed by atoms with Gasteiger partial charge < -0.3 is 10.2 Å². The van der Waals surface area contributed by atoms with Crippen molar-refractivity contribution in [1.29, 1.82) is 0 Å². The van der Waals surface area contributed by atoms with Crippen LogP contribution in [0.4, 0.5) is 0 Å². The zero-order valence-corrected chi connectivity index (χ0v) is 14.6. The Morgan fingerprint density at radius 3 is 2.64 bits per heavy atom. The van der Waals surface area contributed by atoms with Crippen molar-refractivity contribution < 1.29 is 15.0 Å². The summed E-state index contributed by atoms with van der Waals surface area (Å²) in [4.78, 5) is 19.7. The maximum Gasteiger partial charge on any atom is 0.335 e. The highest BCUT2D eigenvalue weighted by atomic mass is 35.5. The molecule has 0 radical (unpaired) electrons. The van der Waals surface area contributed by atoms with E-state index in [0.29, 0.717) is 28.2 Å². The van der Waals surface area contributed by atoms with Crippen LogP contribution in [0.1, 0.15) is 41.0 Å². The van der Waals surface area contributed by atoms with Gasteiger partial charge in [0.25, 0.3) is 0 Å². The molecule has 2 N–H and O–H groups in total. The van der Waals surface area contributed by atoms with Gasteiger partial charge in [-0.25, -0.2) is 4.79 Å². The maximum atomic E-state index is 11.1. The van der Waals surface area contributed by atoms with Crippen molar-refractivity contribution in [3.63, 3.8) is 0 Å². The van der Waals surface area contributed by atoms with Crippen molar-refractivity contribution in [1.82, 2.24) is 9.97 Å². The third-order valence-electron chi connectivity index (χ3n) is 3.92. The summed E-state index contributed by atoms with van der Waals surface area (Å²) in [6.07, 6.45) is 3.47. The molecule has 0 unspecified atom stereocenters. The fourth-order valence-corrected chi connectivity index (χ4v) is 2.94. The molecule has 0 aliphatic heterocycles. The second-order valence-electron chi connectivity index (χ2n) is 6.45. The van der Waals surface area contributed by atoms with Gasteiger partial charge in [-0.3, -0.25) is 9.97 Å². The minimum absolute atomic E-state index is 0.193. The summed E-state index contributed by atoms with van der Waals surface area (Å²) in [5.41, 5.74) is 2.02. The minimum atomic E-state index is -1.08. The Balaban J connectivity index is 2.10. The molecule has 2 heterocycles. The summed E-state index contributed by atoms with van der Waals surface area (Å²) in [5, 5.41) is 20.9. The molecule has 0 aliphatic rings. The number of aromatic carboxylic acids is 1. The van der Waals surface area contributed by atoms with Crippen LogP contribution in [0.2, 0.25) is 5.02 Å². The number of nitrogens with zero attached hydrogens (tertiary/aromatic N) is 2. The largest absolute Gasteiger partial charge is 0.478 e. The van der Waals surface area contributed by atoms with Crippen LogP contribution in [0.15, 0.2) is 42.7 Å². The molecule has 0 amide bonds. The van der Waals surface area contributed by atoms with E-state index in [2.05, 4.69) is 9.97 Å². The molecule has 0 aliphatic carbocycles. The first kappa shape index (κ1) is 17.3. The van der Waals surface area contributed by atoms with Crippen molar-refractivity contribution in [2.45, 2.75) is 25.9 Å². The van der Waals surface area contributed by atoms with E-state index >= 15 is 0 Å². The number of benzene rings is 1. The number of hydrogen-bond acceptors (Lipinski definition) is 4. The normalized spacial score (nSPS) is 11.7. The molecule has 0 bridgehead atoms. The highest BCUT2D eigenvalue weighted by molar-refractivity contribution is 6.31. The number of carboxylic acid groups (broad SMARTS) is 1. The number of carboxylic acids is 1. The molecule has 128 valence electrons. The van der Waals surface area contributed by atoms with Gasteiger partial charge in [0.05, 0.1) is 21.7 Å². The Hall–Kier alpha value is -2.50. The lowest BCUT2D eigenvalue weighted by molar-refractivity contribution is 0.0696. The lowest BCUT2D eigenvalue weighted by Crippen LogP contribution is -2.17. The van der Waals surface area contributed by atoms with Crippen LogP contribution in [-0.2, 0) is 12.0 Å². The van der Waals surface area contributed by atoms with Gasteiger partial charge in [0, 0.05) is 35.5 Å². The van der Waals surface area contributed by atoms with E-state index in [1.165, 1.54) is 12.3 Å². The molecule has 1 aromatic carbocycles. The van der Waals surface area contributed by atoms with Crippen LogP contribution in [0.3, 0.4) is 0 Å². The monoisotopic (exact) mass is 356 g/mol. The average molecular weight is 357 g/mol. The van der Waals surface area contributed by atoms with Crippen molar-refractivity contribution in [2.75, 3.05) is 0 Å². The average Bonchev–Trinajstić information content (AvgIpc) is 2.53. The number of aliphatic hydroxyl groups is 1. The molecule has 2 aromatic heterocycles. The molecular weight excluding hydrogens is 340 g/mol. The van der Waals surface area contributed by atoms with Crippen LogP contribution in [0, 0.1) is 0 Å². The Morgan fingerprint density at radius 1 is 1.20 bits per heavy atom. The van der Waals surface area contributed by atoms with Gasteiger partial charge in [-0.2, -0.15) is 0 Å². The molecule has 0 saturated carbocycles. The fraction of sp³-hybridized carbons (Fsp3) is 0.211. The van der Waals surface area contributed by atoms with E-state index in [4.69, 9.17) is 16.7 Å². The molecule has 3 rings (SSSR count). The van der Waals surface area contributed by atoms with Crippen LogP contribution >= 0.6 is 11.6 Å². The van der Waals surface area contributed by atoms with Gasteiger partial charge >= 0.3 is 5.97 Å². The van der Waals surface area contributed by atoms with E-state index in [9.17, 15) is 9.90 Å². The summed E-state index contributed by atoms with van der Waals surface area (Å²) in [6, 6.07) is 8.60. The number of hydrogen-bond donors (Lipinski definition) is 2. The summed E-state index contributed by atoms with van der Waals surface area (Å²) in [7, 11) is 0. The third-order valence-corrected chi connectivity index (χ3v) is 4.12. The first-order valence-electron chi connectivity index (χ1n) is 7.73. The Bertz CT molecular complexity index is 965. The number of halogens is 1. The molecule has 5 nitrogen and oxygen atoms in total. The van der Waals surface area contributed by atoms with E-state index in [-0.39, 0.29) is 5.56 Å². The van der Waals surface area contributed by atoms with Crippen molar-refractivity contribution >= 4 is 28.5 Å². The zero-order chi connectivity index (χ0) is 18.2. The Labute approximate surface area is 149 Å². The van der Waals surface area contributed by atoms with Gasteiger partial charge in [-0.05, 0) is 43.7 Å². The standard InChI is InChI=1S/C19H17ClN2O3/c1-19(2,25)16-7-11(5-13-8-14(20)10-22-17(13)16)6-15-9-12(18(23)24)3-4-21-15/h3-5,7-10,25H,6H2,1-2H3,(H,23,24). The first-order chi connectivity index (χ1) is 11.7. The van der Waals surface area contributed by atoms with Crippen LogP contribution < -0.4 is 0 Å².